The summed E-state index contributed by atoms with van der Waals surface area (Å²) in [7, 11) is -4.18. The average Bonchev–Trinajstić information content (AvgIpc) is 3.10. The van der Waals surface area contributed by atoms with E-state index in [1.807, 2.05) is 0 Å². The van der Waals surface area contributed by atoms with Gasteiger partial charge in [-0.25, -0.2) is 13.4 Å². The van der Waals surface area contributed by atoms with Gasteiger partial charge in [0.2, 0.25) is 15.9 Å². The fourth-order valence-corrected chi connectivity index (χ4v) is 5.60. The molecule has 2 fully saturated rings. The molecule has 0 unspecified atom stereocenters. The number of hydrogen-bond acceptors (Lipinski definition) is 5. The van der Waals surface area contributed by atoms with E-state index in [2.05, 4.69) is 4.98 Å². The van der Waals surface area contributed by atoms with E-state index in [1.54, 1.807) is 0 Å². The molecule has 2 aromatic rings. The van der Waals surface area contributed by atoms with Crippen LogP contribution in [-0.4, -0.2) is 60.3 Å². The Morgan fingerprint density at radius 1 is 0.943 bits per heavy atom. The second-order valence-electron chi connectivity index (χ2n) is 8.19. The van der Waals surface area contributed by atoms with Gasteiger partial charge in [-0.1, -0.05) is 0 Å². The largest absolute Gasteiger partial charge is 0.487 e. The van der Waals surface area contributed by atoms with Crippen molar-refractivity contribution in [2.45, 2.75) is 42.2 Å². The Kier molecular flexibility index (Phi) is 6.47. The summed E-state index contributed by atoms with van der Waals surface area (Å²) in [6.45, 7) is -0.123. The lowest BCUT2D eigenvalue weighted by Crippen LogP contribution is -2.40. The highest BCUT2D eigenvalue weighted by Gasteiger charge is 2.42. The summed E-state index contributed by atoms with van der Waals surface area (Å²) < 4.78 is 109. The van der Waals surface area contributed by atoms with Gasteiger partial charge in [-0.2, -0.15) is 30.6 Å². The second kappa shape index (κ2) is 8.97. The van der Waals surface area contributed by atoms with Gasteiger partial charge >= 0.3 is 12.4 Å². The maximum atomic E-state index is 13.1. The molecule has 0 radical (unpaired) electrons. The summed E-state index contributed by atoms with van der Waals surface area (Å²) in [6.07, 6.45) is -8.80. The van der Waals surface area contributed by atoms with E-state index in [4.69, 9.17) is 4.74 Å². The first kappa shape index (κ1) is 25.2. The van der Waals surface area contributed by atoms with Crippen molar-refractivity contribution < 1.29 is 44.3 Å². The van der Waals surface area contributed by atoms with Crippen molar-refractivity contribution in [1.82, 2.24) is 14.2 Å². The molecule has 0 saturated carbocycles. The molecule has 1 aromatic carbocycles. The fourth-order valence-electron chi connectivity index (χ4n) is 4.12. The molecule has 0 N–H and O–H groups in total. The number of rotatable bonds is 4. The van der Waals surface area contributed by atoms with Crippen LogP contribution in [0.2, 0.25) is 0 Å². The lowest BCUT2D eigenvalue weighted by molar-refractivity contribution is -0.141. The van der Waals surface area contributed by atoms with Crippen molar-refractivity contribution in [3.8, 4) is 5.75 Å². The minimum absolute atomic E-state index is 0.0716. The van der Waals surface area contributed by atoms with Crippen LogP contribution in [0.4, 0.5) is 26.3 Å². The number of alkyl halides is 6. The highest BCUT2D eigenvalue weighted by molar-refractivity contribution is 7.89. The third-order valence-electron chi connectivity index (χ3n) is 5.83. The Morgan fingerprint density at radius 2 is 1.63 bits per heavy atom. The zero-order valence-electron chi connectivity index (χ0n) is 17.9. The maximum Gasteiger partial charge on any atom is 0.433 e. The number of aromatic nitrogens is 1. The van der Waals surface area contributed by atoms with Crippen LogP contribution in [0.5, 0.6) is 5.75 Å². The van der Waals surface area contributed by atoms with Crippen LogP contribution in [0.1, 0.15) is 24.1 Å². The molecule has 3 heterocycles. The van der Waals surface area contributed by atoms with Crippen molar-refractivity contribution in [1.29, 1.82) is 0 Å². The Hall–Kier alpha value is -2.87. The summed E-state index contributed by atoms with van der Waals surface area (Å²) in [4.78, 5) is 17.1. The lowest BCUT2D eigenvalue weighted by Gasteiger charge is -2.25. The summed E-state index contributed by atoms with van der Waals surface area (Å²) in [5.74, 6) is -0.251. The number of pyridine rings is 1. The van der Waals surface area contributed by atoms with Gasteiger partial charge in [-0.05, 0) is 36.4 Å². The molecular formula is C21H19F6N3O4S. The van der Waals surface area contributed by atoms with Gasteiger partial charge in [0.1, 0.15) is 17.5 Å². The highest BCUT2D eigenvalue weighted by Crippen LogP contribution is 2.33. The predicted molar refractivity (Wildman–Crippen MR) is 109 cm³/mol. The number of carbonyl (C=O) groups excluding carboxylic acids is 1. The monoisotopic (exact) mass is 523 g/mol. The van der Waals surface area contributed by atoms with Crippen molar-refractivity contribution in [2.24, 2.45) is 0 Å². The maximum absolute atomic E-state index is 13.1. The van der Waals surface area contributed by atoms with Gasteiger partial charge in [-0.3, -0.25) is 4.79 Å². The van der Waals surface area contributed by atoms with Crippen molar-refractivity contribution >= 4 is 15.9 Å². The van der Waals surface area contributed by atoms with Crippen LogP contribution in [0.3, 0.4) is 0 Å². The summed E-state index contributed by atoms with van der Waals surface area (Å²) >= 11 is 0. The molecule has 35 heavy (non-hydrogen) atoms. The topological polar surface area (TPSA) is 79.8 Å². The number of benzene rings is 1. The van der Waals surface area contributed by atoms with Crippen molar-refractivity contribution in [3.05, 3.63) is 53.9 Å². The molecule has 2 aliphatic heterocycles. The van der Waals surface area contributed by atoms with Gasteiger partial charge in [0.05, 0.1) is 23.2 Å². The number of hydrogen-bond donors (Lipinski definition) is 0. The summed E-state index contributed by atoms with van der Waals surface area (Å²) in [5, 5.41) is 0. The molecular weight excluding hydrogens is 504 g/mol. The van der Waals surface area contributed by atoms with E-state index in [-0.39, 0.29) is 49.0 Å². The molecule has 7 nitrogen and oxygen atoms in total. The van der Waals surface area contributed by atoms with Crippen molar-refractivity contribution in [2.75, 3.05) is 19.6 Å². The summed E-state index contributed by atoms with van der Waals surface area (Å²) in [5.41, 5.74) is -2.06. The highest BCUT2D eigenvalue weighted by atomic mass is 32.2. The SMILES string of the molecule is O=C1CCN(S(=O)(=O)c2ccc(C(F)(F)F)cc2)C[C@@H]2C[C@H](Oc3ccc(C(F)(F)F)nc3)CN12. The van der Waals surface area contributed by atoms with Crippen LogP contribution in [0.25, 0.3) is 0 Å². The number of carbonyl (C=O) groups is 1. The molecule has 0 bridgehead atoms. The number of nitrogens with zero attached hydrogens (tertiary/aromatic N) is 3. The molecule has 1 amide bonds. The molecule has 190 valence electrons. The normalized spacial score (nSPS) is 22.1. The van der Waals surface area contributed by atoms with E-state index >= 15 is 0 Å². The Balaban J connectivity index is 1.47. The van der Waals surface area contributed by atoms with E-state index in [0.717, 1.165) is 34.8 Å². The smallest absolute Gasteiger partial charge is 0.433 e. The number of halogens is 6. The van der Waals surface area contributed by atoms with E-state index < -0.39 is 45.8 Å². The lowest BCUT2D eigenvalue weighted by atomic mass is 10.2. The fraction of sp³-hybridized carbons (Fsp3) is 0.429. The minimum Gasteiger partial charge on any atom is -0.487 e. The van der Waals surface area contributed by atoms with Crippen LogP contribution in [0.15, 0.2) is 47.5 Å². The first-order valence-electron chi connectivity index (χ1n) is 10.4. The van der Waals surface area contributed by atoms with E-state index in [0.29, 0.717) is 12.1 Å². The van der Waals surface area contributed by atoms with E-state index in [9.17, 15) is 39.6 Å². The van der Waals surface area contributed by atoms with Gasteiger partial charge < -0.3 is 9.64 Å². The number of ether oxygens (including phenoxy) is 1. The first-order valence-corrected chi connectivity index (χ1v) is 11.9. The third-order valence-corrected chi connectivity index (χ3v) is 7.71. The Labute approximate surface area is 196 Å². The number of sulfonamides is 1. The average molecular weight is 523 g/mol. The van der Waals surface area contributed by atoms with Gasteiger partial charge in [0.25, 0.3) is 0 Å². The summed E-state index contributed by atoms with van der Waals surface area (Å²) in [6, 6.07) is 4.43. The van der Waals surface area contributed by atoms with Gasteiger partial charge in [-0.15, -0.1) is 0 Å². The quantitative estimate of drug-likeness (QED) is 0.573. The molecule has 2 aliphatic rings. The predicted octanol–water partition coefficient (Wildman–Crippen LogP) is 3.56. The molecule has 1 aromatic heterocycles. The van der Waals surface area contributed by atoms with E-state index in [1.165, 1.54) is 4.90 Å². The molecule has 2 saturated heterocycles. The molecule has 0 aliphatic carbocycles. The van der Waals surface area contributed by atoms with Crippen molar-refractivity contribution in [3.63, 3.8) is 0 Å². The van der Waals surface area contributed by atoms with Gasteiger partial charge in [0, 0.05) is 32.0 Å². The number of fused-ring (bicyclic) bond motifs is 1. The Bertz CT molecular complexity index is 1180. The zero-order valence-corrected chi connectivity index (χ0v) is 18.7. The standard InChI is InChI=1S/C21H19F6N3O4S/c22-20(23,24)13-1-4-17(5-2-13)35(32,33)29-8-7-19(31)30-12-16(9-14(30)11-29)34-15-3-6-18(28-10-15)21(25,26)27/h1-6,10,14,16H,7-9,11-12H2/t14-,16-/m0/s1. The number of amides is 1. The minimum atomic E-state index is -4.61. The molecule has 0 spiro atoms. The first-order chi connectivity index (χ1) is 16.2. The zero-order chi connectivity index (χ0) is 25.6. The van der Waals surface area contributed by atoms with Crippen LogP contribution in [-0.2, 0) is 27.2 Å². The van der Waals surface area contributed by atoms with Crippen LogP contribution >= 0.6 is 0 Å². The van der Waals surface area contributed by atoms with Crippen LogP contribution < -0.4 is 4.74 Å². The molecule has 2 atom stereocenters. The third kappa shape index (κ3) is 5.37. The van der Waals surface area contributed by atoms with Gasteiger partial charge in [0.15, 0.2) is 0 Å². The Morgan fingerprint density at radius 3 is 2.20 bits per heavy atom. The second-order valence-corrected chi connectivity index (χ2v) is 10.1. The van der Waals surface area contributed by atoms with Crippen LogP contribution in [0, 0.1) is 0 Å². The molecule has 4 rings (SSSR count). The molecule has 14 heteroatoms.